The molecule has 1 N–H and O–H groups in total. The highest BCUT2D eigenvalue weighted by molar-refractivity contribution is 4.89. The molecule has 0 saturated heterocycles. The van der Waals surface area contributed by atoms with E-state index in [0.29, 0.717) is 0 Å². The molecule has 0 bridgehead atoms. The van der Waals surface area contributed by atoms with Gasteiger partial charge in [-0.25, -0.2) is 0 Å². The van der Waals surface area contributed by atoms with Crippen molar-refractivity contribution in [1.82, 2.24) is 10.2 Å². The van der Waals surface area contributed by atoms with Gasteiger partial charge in [0.2, 0.25) is 0 Å². The van der Waals surface area contributed by atoms with Crippen LogP contribution in [0.3, 0.4) is 0 Å². The van der Waals surface area contributed by atoms with E-state index >= 15 is 0 Å². The van der Waals surface area contributed by atoms with Crippen LogP contribution in [-0.2, 0) is 0 Å². The molecule has 14 heavy (non-hydrogen) atoms. The zero-order valence-corrected chi connectivity index (χ0v) is 10.2. The summed E-state index contributed by atoms with van der Waals surface area (Å²) in [6, 6.07) is 1.51. The van der Waals surface area contributed by atoms with Gasteiger partial charge in [-0.05, 0) is 32.4 Å². The Labute approximate surface area is 89.1 Å². The van der Waals surface area contributed by atoms with Crippen molar-refractivity contribution in [2.45, 2.75) is 52.1 Å². The van der Waals surface area contributed by atoms with Crippen LogP contribution in [0, 0.1) is 5.92 Å². The highest BCUT2D eigenvalue weighted by Crippen LogP contribution is 2.24. The zero-order valence-electron chi connectivity index (χ0n) is 10.2. The fraction of sp³-hybridized carbons (Fsp3) is 1.00. The fourth-order valence-electron chi connectivity index (χ4n) is 2.68. The highest BCUT2D eigenvalue weighted by atomic mass is 15.2. The molecule has 0 aromatic carbocycles. The molecule has 2 atom stereocenters. The molecule has 0 aliphatic heterocycles. The Hall–Kier alpha value is -0.0800. The van der Waals surface area contributed by atoms with Crippen LogP contribution in [0.2, 0.25) is 0 Å². The molecule has 0 radical (unpaired) electrons. The molecule has 0 heterocycles. The normalized spacial score (nSPS) is 27.9. The van der Waals surface area contributed by atoms with E-state index in [1.807, 2.05) is 0 Å². The van der Waals surface area contributed by atoms with Gasteiger partial charge < -0.3 is 5.32 Å². The molecule has 0 aromatic rings. The summed E-state index contributed by atoms with van der Waals surface area (Å²) in [5.41, 5.74) is 0. The van der Waals surface area contributed by atoms with Gasteiger partial charge in [0.25, 0.3) is 0 Å². The molecule has 0 spiro atoms. The topological polar surface area (TPSA) is 15.3 Å². The molecule has 0 aromatic heterocycles. The Morgan fingerprint density at radius 3 is 2.57 bits per heavy atom. The maximum absolute atomic E-state index is 3.46. The largest absolute Gasteiger partial charge is 0.315 e. The van der Waals surface area contributed by atoms with Crippen molar-refractivity contribution in [3.8, 4) is 0 Å². The van der Waals surface area contributed by atoms with Gasteiger partial charge in [-0.1, -0.05) is 27.2 Å². The van der Waals surface area contributed by atoms with Crippen molar-refractivity contribution in [2.24, 2.45) is 5.92 Å². The Morgan fingerprint density at radius 1 is 1.36 bits per heavy atom. The van der Waals surface area contributed by atoms with Crippen molar-refractivity contribution in [2.75, 3.05) is 20.1 Å². The Kier molecular flexibility index (Phi) is 4.90. The number of nitrogens with zero attached hydrogens (tertiary/aromatic N) is 1. The Bertz CT molecular complexity index is 156. The van der Waals surface area contributed by atoms with Crippen LogP contribution >= 0.6 is 0 Å². The van der Waals surface area contributed by atoms with Gasteiger partial charge in [0.1, 0.15) is 0 Å². The third-order valence-corrected chi connectivity index (χ3v) is 3.33. The summed E-state index contributed by atoms with van der Waals surface area (Å²) >= 11 is 0. The number of hydrogen-bond acceptors (Lipinski definition) is 2. The summed E-state index contributed by atoms with van der Waals surface area (Å²) in [7, 11) is 2.10. The molecule has 2 nitrogen and oxygen atoms in total. The summed E-state index contributed by atoms with van der Waals surface area (Å²) < 4.78 is 0. The van der Waals surface area contributed by atoms with Crippen LogP contribution in [0.5, 0.6) is 0 Å². The zero-order chi connectivity index (χ0) is 10.6. The first-order valence-corrected chi connectivity index (χ1v) is 6.10. The van der Waals surface area contributed by atoms with E-state index in [4.69, 9.17) is 0 Å². The molecule has 1 aliphatic rings. The smallest absolute Gasteiger partial charge is 0.0249 e. The van der Waals surface area contributed by atoms with E-state index < -0.39 is 0 Å². The second-order valence-electron chi connectivity index (χ2n) is 4.87. The first kappa shape index (κ1) is 12.0. The minimum absolute atomic E-state index is 0.730. The van der Waals surface area contributed by atoms with Gasteiger partial charge in [0.15, 0.2) is 0 Å². The summed E-state index contributed by atoms with van der Waals surface area (Å²) in [4.78, 5) is 2.65. The van der Waals surface area contributed by atoms with Crippen molar-refractivity contribution in [3.05, 3.63) is 0 Å². The second kappa shape index (κ2) is 5.72. The Morgan fingerprint density at radius 2 is 2.07 bits per heavy atom. The molecular formula is C12H26N2. The average molecular weight is 198 g/mol. The minimum Gasteiger partial charge on any atom is -0.315 e. The molecule has 84 valence electrons. The van der Waals surface area contributed by atoms with Crippen molar-refractivity contribution < 1.29 is 0 Å². The van der Waals surface area contributed by atoms with Gasteiger partial charge in [-0.15, -0.1) is 0 Å². The Balaban J connectivity index is 2.49. The van der Waals surface area contributed by atoms with Crippen LogP contribution in [0.25, 0.3) is 0 Å². The van der Waals surface area contributed by atoms with Crippen molar-refractivity contribution in [1.29, 1.82) is 0 Å². The van der Waals surface area contributed by atoms with Gasteiger partial charge >= 0.3 is 0 Å². The second-order valence-corrected chi connectivity index (χ2v) is 4.87. The maximum Gasteiger partial charge on any atom is 0.0249 e. The summed E-state index contributed by atoms with van der Waals surface area (Å²) in [5, 5.41) is 3.46. The van der Waals surface area contributed by atoms with Crippen LogP contribution < -0.4 is 5.32 Å². The molecule has 1 saturated carbocycles. The predicted octanol–water partition coefficient (Wildman–Crippen LogP) is 2.10. The quantitative estimate of drug-likeness (QED) is 0.728. The van der Waals surface area contributed by atoms with Gasteiger partial charge in [-0.3, -0.25) is 4.90 Å². The first-order valence-electron chi connectivity index (χ1n) is 6.10. The maximum atomic E-state index is 3.46. The lowest BCUT2D eigenvalue weighted by molar-refractivity contribution is 0.165. The monoisotopic (exact) mass is 198 g/mol. The van der Waals surface area contributed by atoms with Gasteiger partial charge in [0.05, 0.1) is 0 Å². The van der Waals surface area contributed by atoms with Crippen LogP contribution in [0.15, 0.2) is 0 Å². The molecular weight excluding hydrogens is 172 g/mol. The summed E-state index contributed by atoms with van der Waals surface area (Å²) in [6.45, 7) is 9.35. The number of likely N-dealkylation sites (N-methyl/N-ethyl adjacent to an activating group) is 2. The standard InChI is InChI=1S/C12H26N2/c1-5-14(9-10(2)3)12-8-6-7-11(12)13-4/h10-13H,5-9H2,1-4H3. The van der Waals surface area contributed by atoms with Crippen LogP contribution in [0.1, 0.15) is 40.0 Å². The number of rotatable bonds is 5. The highest BCUT2D eigenvalue weighted by Gasteiger charge is 2.30. The van der Waals surface area contributed by atoms with Gasteiger partial charge in [0, 0.05) is 18.6 Å². The van der Waals surface area contributed by atoms with E-state index in [2.05, 4.69) is 38.0 Å². The van der Waals surface area contributed by atoms with Crippen LogP contribution in [-0.4, -0.2) is 37.1 Å². The van der Waals surface area contributed by atoms with E-state index in [9.17, 15) is 0 Å². The third-order valence-electron chi connectivity index (χ3n) is 3.33. The van der Waals surface area contributed by atoms with E-state index in [-0.39, 0.29) is 0 Å². The SMILES string of the molecule is CCN(CC(C)C)C1CCCC1NC. The van der Waals surface area contributed by atoms with Crippen LogP contribution in [0.4, 0.5) is 0 Å². The lowest BCUT2D eigenvalue weighted by Crippen LogP contribution is -2.46. The fourth-order valence-corrected chi connectivity index (χ4v) is 2.68. The van der Waals surface area contributed by atoms with Crippen molar-refractivity contribution in [3.63, 3.8) is 0 Å². The summed E-state index contributed by atoms with van der Waals surface area (Å²) in [6.07, 6.45) is 4.13. The van der Waals surface area contributed by atoms with Crippen molar-refractivity contribution >= 4 is 0 Å². The lowest BCUT2D eigenvalue weighted by atomic mass is 10.1. The minimum atomic E-state index is 0.730. The van der Waals surface area contributed by atoms with E-state index in [1.165, 1.54) is 32.4 Å². The molecule has 0 amide bonds. The number of nitrogens with one attached hydrogen (secondary N) is 1. The first-order chi connectivity index (χ1) is 6.69. The van der Waals surface area contributed by atoms with Gasteiger partial charge in [-0.2, -0.15) is 0 Å². The molecule has 1 aliphatic carbocycles. The average Bonchev–Trinajstić information content (AvgIpc) is 2.61. The molecule has 1 fully saturated rings. The molecule has 2 heteroatoms. The lowest BCUT2D eigenvalue weighted by Gasteiger charge is -2.33. The number of hydrogen-bond donors (Lipinski definition) is 1. The summed E-state index contributed by atoms with van der Waals surface area (Å²) in [5.74, 6) is 0.785. The molecule has 1 rings (SSSR count). The predicted molar refractivity (Wildman–Crippen MR) is 62.6 cm³/mol. The van der Waals surface area contributed by atoms with E-state index in [1.54, 1.807) is 0 Å². The third kappa shape index (κ3) is 2.96. The van der Waals surface area contributed by atoms with E-state index in [0.717, 1.165) is 18.0 Å². The molecule has 2 unspecified atom stereocenters.